The molecule has 0 saturated heterocycles. The molecule has 0 fully saturated rings. The molecule has 0 heterocycles. The predicted octanol–water partition coefficient (Wildman–Crippen LogP) is 3.49. The number of benzene rings is 1. The molecule has 1 aromatic carbocycles. The van der Waals surface area contributed by atoms with Crippen LogP contribution in [0.4, 0.5) is 0 Å². The van der Waals surface area contributed by atoms with Crippen molar-refractivity contribution in [3.63, 3.8) is 0 Å². The van der Waals surface area contributed by atoms with Crippen molar-refractivity contribution in [3.8, 4) is 5.75 Å². The van der Waals surface area contributed by atoms with Crippen LogP contribution in [0.25, 0.3) is 0 Å². The topological polar surface area (TPSA) is 26.3 Å². The van der Waals surface area contributed by atoms with Crippen molar-refractivity contribution in [1.82, 2.24) is 0 Å². The first-order valence-electron chi connectivity index (χ1n) is 5.35. The summed E-state index contributed by atoms with van der Waals surface area (Å²) < 4.78 is 5.12. The quantitative estimate of drug-likeness (QED) is 0.711. The van der Waals surface area contributed by atoms with Crippen LogP contribution < -0.4 is 4.74 Å². The van der Waals surface area contributed by atoms with Crippen LogP contribution in [-0.2, 0) is 6.42 Å². The molecule has 84 valence electrons. The van der Waals surface area contributed by atoms with Gasteiger partial charge in [-0.2, -0.15) is 0 Å². The van der Waals surface area contributed by atoms with Gasteiger partial charge < -0.3 is 4.74 Å². The second kappa shape index (κ2) is 8.04. The van der Waals surface area contributed by atoms with Gasteiger partial charge in [0.2, 0.25) is 0 Å². The number of carbonyl (C=O) groups is 1. The summed E-state index contributed by atoms with van der Waals surface area (Å²) in [5, 5.41) is 0. The van der Waals surface area contributed by atoms with Crippen molar-refractivity contribution in [1.29, 1.82) is 0 Å². The van der Waals surface area contributed by atoms with Crippen LogP contribution in [0.5, 0.6) is 5.75 Å². The first-order chi connectivity index (χ1) is 7.23. The van der Waals surface area contributed by atoms with Crippen molar-refractivity contribution in [2.45, 2.75) is 33.6 Å². The smallest absolute Gasteiger partial charge is 0.150 e. The van der Waals surface area contributed by atoms with Crippen LogP contribution in [0, 0.1) is 0 Å². The van der Waals surface area contributed by atoms with E-state index in [-0.39, 0.29) is 0 Å². The second-order valence-corrected chi connectivity index (χ2v) is 3.25. The Morgan fingerprint density at radius 1 is 1.27 bits per heavy atom. The summed E-state index contributed by atoms with van der Waals surface area (Å²) in [6, 6.07) is 5.47. The van der Waals surface area contributed by atoms with Gasteiger partial charge in [-0.25, -0.2) is 0 Å². The maximum absolute atomic E-state index is 10.4. The fourth-order valence-corrected chi connectivity index (χ4v) is 1.13. The third-order valence-electron chi connectivity index (χ3n) is 1.83. The minimum atomic E-state index is 0.657. The Labute approximate surface area is 92.3 Å². The van der Waals surface area contributed by atoms with Crippen LogP contribution in [0.2, 0.25) is 0 Å². The molecule has 1 aromatic rings. The van der Waals surface area contributed by atoms with Crippen LogP contribution in [0.15, 0.2) is 18.2 Å². The fraction of sp³-hybridized carbons (Fsp3) is 0.462. The normalized spacial score (nSPS) is 8.80. The lowest BCUT2D eigenvalue weighted by Gasteiger charge is -2.05. The maximum Gasteiger partial charge on any atom is 0.150 e. The van der Waals surface area contributed by atoms with Gasteiger partial charge in [-0.1, -0.05) is 39.3 Å². The first kappa shape index (κ1) is 13.7. The SMILES string of the molecule is CCC.CCc1ccc(C=O)cc1OC. The van der Waals surface area contributed by atoms with Crippen molar-refractivity contribution in [2.24, 2.45) is 0 Å². The summed E-state index contributed by atoms with van der Waals surface area (Å²) in [5.74, 6) is 0.794. The zero-order valence-electron chi connectivity index (χ0n) is 10.0. The highest BCUT2D eigenvalue weighted by Gasteiger charge is 2.00. The Morgan fingerprint density at radius 3 is 2.27 bits per heavy atom. The van der Waals surface area contributed by atoms with Gasteiger partial charge in [0.25, 0.3) is 0 Å². The number of methoxy groups -OCH3 is 1. The Morgan fingerprint density at radius 2 is 1.87 bits per heavy atom. The number of hydrogen-bond donors (Lipinski definition) is 0. The molecule has 0 spiro atoms. The Kier molecular flexibility index (Phi) is 7.33. The predicted molar refractivity (Wildman–Crippen MR) is 63.7 cm³/mol. The molecule has 0 unspecified atom stereocenters. The molecule has 15 heavy (non-hydrogen) atoms. The number of carbonyl (C=O) groups excluding carboxylic acids is 1. The summed E-state index contributed by atoms with van der Waals surface area (Å²) >= 11 is 0. The zero-order valence-corrected chi connectivity index (χ0v) is 10.0. The van der Waals surface area contributed by atoms with Crippen LogP contribution >= 0.6 is 0 Å². The minimum absolute atomic E-state index is 0.657. The van der Waals surface area contributed by atoms with Crippen molar-refractivity contribution in [3.05, 3.63) is 29.3 Å². The molecule has 0 aliphatic rings. The molecule has 2 heteroatoms. The summed E-state index contributed by atoms with van der Waals surface area (Å²) in [4.78, 5) is 10.4. The van der Waals surface area contributed by atoms with Gasteiger partial charge >= 0.3 is 0 Å². The lowest BCUT2D eigenvalue weighted by atomic mass is 10.1. The molecule has 0 saturated carbocycles. The van der Waals surface area contributed by atoms with Gasteiger partial charge in [0.15, 0.2) is 0 Å². The molecular formula is C13H20O2. The molecule has 0 aromatic heterocycles. The highest BCUT2D eigenvalue weighted by molar-refractivity contribution is 5.75. The Hall–Kier alpha value is -1.31. The Bertz CT molecular complexity index is 293. The molecule has 0 bridgehead atoms. The number of ether oxygens (including phenoxy) is 1. The van der Waals surface area contributed by atoms with Crippen LogP contribution in [0.1, 0.15) is 43.1 Å². The van der Waals surface area contributed by atoms with E-state index in [4.69, 9.17) is 4.74 Å². The van der Waals surface area contributed by atoms with Gasteiger partial charge in [0, 0.05) is 5.56 Å². The molecule has 0 radical (unpaired) electrons. The monoisotopic (exact) mass is 208 g/mol. The lowest BCUT2D eigenvalue weighted by Crippen LogP contribution is -1.91. The van der Waals surface area contributed by atoms with Crippen molar-refractivity contribution in [2.75, 3.05) is 7.11 Å². The van der Waals surface area contributed by atoms with Gasteiger partial charge in [-0.05, 0) is 18.1 Å². The van der Waals surface area contributed by atoms with E-state index in [2.05, 4.69) is 20.8 Å². The van der Waals surface area contributed by atoms with Gasteiger partial charge in [-0.3, -0.25) is 4.79 Å². The summed E-state index contributed by atoms with van der Waals surface area (Å²) in [5.41, 5.74) is 1.78. The largest absolute Gasteiger partial charge is 0.496 e. The van der Waals surface area contributed by atoms with Gasteiger partial charge in [0.05, 0.1) is 7.11 Å². The maximum atomic E-state index is 10.4. The van der Waals surface area contributed by atoms with E-state index in [1.807, 2.05) is 6.07 Å². The van der Waals surface area contributed by atoms with Crippen LogP contribution in [0.3, 0.4) is 0 Å². The lowest BCUT2D eigenvalue weighted by molar-refractivity contribution is 0.112. The van der Waals surface area contributed by atoms with E-state index in [0.29, 0.717) is 5.56 Å². The summed E-state index contributed by atoms with van der Waals surface area (Å²) in [6.45, 7) is 6.30. The molecular weight excluding hydrogens is 188 g/mol. The summed E-state index contributed by atoms with van der Waals surface area (Å²) in [6.07, 6.45) is 2.99. The third-order valence-corrected chi connectivity index (χ3v) is 1.83. The van der Waals surface area contributed by atoms with E-state index >= 15 is 0 Å². The fourth-order valence-electron chi connectivity index (χ4n) is 1.13. The molecule has 0 aliphatic heterocycles. The van der Waals surface area contributed by atoms with E-state index in [0.717, 1.165) is 24.0 Å². The van der Waals surface area contributed by atoms with Gasteiger partial charge in [0.1, 0.15) is 12.0 Å². The van der Waals surface area contributed by atoms with E-state index in [9.17, 15) is 4.79 Å². The summed E-state index contributed by atoms with van der Waals surface area (Å²) in [7, 11) is 1.61. The molecule has 0 amide bonds. The van der Waals surface area contributed by atoms with Crippen molar-refractivity contribution < 1.29 is 9.53 Å². The molecule has 0 atom stereocenters. The van der Waals surface area contributed by atoms with Crippen LogP contribution in [-0.4, -0.2) is 13.4 Å². The number of aldehydes is 1. The average molecular weight is 208 g/mol. The average Bonchev–Trinajstić information content (AvgIpc) is 2.29. The number of hydrogen-bond acceptors (Lipinski definition) is 2. The highest BCUT2D eigenvalue weighted by atomic mass is 16.5. The van der Waals surface area contributed by atoms with E-state index < -0.39 is 0 Å². The van der Waals surface area contributed by atoms with Crippen molar-refractivity contribution >= 4 is 6.29 Å². The van der Waals surface area contributed by atoms with E-state index in [1.54, 1.807) is 19.2 Å². The third kappa shape index (κ3) is 4.63. The molecule has 0 N–H and O–H groups in total. The standard InChI is InChI=1S/C10H12O2.C3H8/c1-3-9-5-4-8(7-11)6-10(9)12-2;1-3-2/h4-7H,3H2,1-2H3;3H2,1-2H3. The first-order valence-corrected chi connectivity index (χ1v) is 5.35. The molecule has 1 rings (SSSR count). The molecule has 0 aliphatic carbocycles. The number of aryl methyl sites for hydroxylation is 1. The zero-order chi connectivity index (χ0) is 11.7. The second-order valence-electron chi connectivity index (χ2n) is 3.25. The minimum Gasteiger partial charge on any atom is -0.496 e. The molecule has 2 nitrogen and oxygen atoms in total. The highest BCUT2D eigenvalue weighted by Crippen LogP contribution is 2.19. The Balaban J connectivity index is 0.000000583. The van der Waals surface area contributed by atoms with Gasteiger partial charge in [-0.15, -0.1) is 0 Å². The van der Waals surface area contributed by atoms with E-state index in [1.165, 1.54) is 6.42 Å². The number of rotatable bonds is 3.